The molecule has 0 heterocycles. The summed E-state index contributed by atoms with van der Waals surface area (Å²) in [6.07, 6.45) is 0.871. The molecule has 0 aromatic rings. The summed E-state index contributed by atoms with van der Waals surface area (Å²) in [6, 6.07) is 0. The summed E-state index contributed by atoms with van der Waals surface area (Å²) < 4.78 is 0. The number of amidine groups is 1. The Morgan fingerprint density at radius 1 is 1.50 bits per heavy atom. The van der Waals surface area contributed by atoms with E-state index in [0.717, 1.165) is 19.5 Å². The van der Waals surface area contributed by atoms with Crippen LogP contribution in [0.25, 0.3) is 0 Å². The van der Waals surface area contributed by atoms with Gasteiger partial charge in [-0.1, -0.05) is 32.9 Å². The molecule has 4 nitrogen and oxygen atoms in total. The van der Waals surface area contributed by atoms with Crippen molar-refractivity contribution in [1.82, 2.24) is 5.32 Å². The summed E-state index contributed by atoms with van der Waals surface area (Å²) in [4.78, 5) is 0. The predicted octanol–water partition coefficient (Wildman–Crippen LogP) is 1.39. The van der Waals surface area contributed by atoms with Crippen molar-refractivity contribution in [3.63, 3.8) is 0 Å². The minimum Gasteiger partial charge on any atom is -0.409 e. The van der Waals surface area contributed by atoms with Gasteiger partial charge in [0.25, 0.3) is 0 Å². The first-order valence-corrected chi connectivity index (χ1v) is 5.09. The highest BCUT2D eigenvalue weighted by Crippen LogP contribution is 2.19. The SMILES string of the molecule is CC(C)CNCCC(C)(C)C(N)=NO. The van der Waals surface area contributed by atoms with Gasteiger partial charge in [0.1, 0.15) is 5.84 Å². The van der Waals surface area contributed by atoms with Gasteiger partial charge in [-0.2, -0.15) is 0 Å². The standard InChI is InChI=1S/C10H23N3O/c1-8(2)7-12-6-5-10(3,4)9(11)13-14/h8,12,14H,5-7H2,1-4H3,(H2,11,13). The van der Waals surface area contributed by atoms with Crippen molar-refractivity contribution in [3.8, 4) is 0 Å². The Kier molecular flexibility index (Phi) is 5.53. The van der Waals surface area contributed by atoms with Crippen LogP contribution in [0.5, 0.6) is 0 Å². The molecular formula is C10H23N3O. The predicted molar refractivity (Wildman–Crippen MR) is 59.5 cm³/mol. The fourth-order valence-electron chi connectivity index (χ4n) is 1.06. The van der Waals surface area contributed by atoms with Crippen molar-refractivity contribution >= 4 is 5.84 Å². The number of nitrogens with zero attached hydrogens (tertiary/aromatic N) is 1. The molecule has 84 valence electrons. The number of nitrogens with two attached hydrogens (primary N) is 1. The zero-order valence-corrected chi connectivity index (χ0v) is 9.67. The Morgan fingerprint density at radius 2 is 2.07 bits per heavy atom. The molecule has 0 radical (unpaired) electrons. The van der Waals surface area contributed by atoms with Crippen molar-refractivity contribution in [2.45, 2.75) is 34.1 Å². The lowest BCUT2D eigenvalue weighted by molar-refractivity contribution is 0.304. The summed E-state index contributed by atoms with van der Waals surface area (Å²) in [7, 11) is 0. The molecule has 0 spiro atoms. The van der Waals surface area contributed by atoms with Crippen LogP contribution in [0, 0.1) is 11.3 Å². The molecule has 0 saturated heterocycles. The number of nitrogens with one attached hydrogen (secondary N) is 1. The molecule has 0 aliphatic carbocycles. The molecule has 0 aliphatic rings. The first-order chi connectivity index (χ1) is 6.40. The minimum absolute atomic E-state index is 0.237. The fourth-order valence-corrected chi connectivity index (χ4v) is 1.06. The molecule has 4 heteroatoms. The van der Waals surface area contributed by atoms with Gasteiger partial charge in [-0.05, 0) is 25.4 Å². The molecule has 0 amide bonds. The highest BCUT2D eigenvalue weighted by atomic mass is 16.4. The maximum atomic E-state index is 8.56. The number of hydrogen-bond donors (Lipinski definition) is 3. The van der Waals surface area contributed by atoms with Gasteiger partial charge in [0.2, 0.25) is 0 Å². The largest absolute Gasteiger partial charge is 0.409 e. The third-order valence-corrected chi connectivity index (χ3v) is 2.28. The maximum Gasteiger partial charge on any atom is 0.144 e. The van der Waals surface area contributed by atoms with Gasteiger partial charge < -0.3 is 16.3 Å². The summed E-state index contributed by atoms with van der Waals surface area (Å²) >= 11 is 0. The van der Waals surface area contributed by atoms with Gasteiger partial charge in [0.15, 0.2) is 0 Å². The van der Waals surface area contributed by atoms with Crippen LogP contribution in [0.4, 0.5) is 0 Å². The summed E-state index contributed by atoms with van der Waals surface area (Å²) in [5.41, 5.74) is 5.33. The average Bonchev–Trinajstić information content (AvgIpc) is 2.10. The Bertz CT molecular complexity index is 188. The van der Waals surface area contributed by atoms with E-state index >= 15 is 0 Å². The Hall–Kier alpha value is -0.770. The zero-order valence-electron chi connectivity index (χ0n) is 9.67. The minimum atomic E-state index is -0.237. The summed E-state index contributed by atoms with van der Waals surface area (Å²) in [6.45, 7) is 10.2. The molecule has 0 atom stereocenters. The van der Waals surface area contributed by atoms with Gasteiger partial charge >= 0.3 is 0 Å². The van der Waals surface area contributed by atoms with Crippen LogP contribution in [0.1, 0.15) is 34.1 Å². The number of oxime groups is 1. The van der Waals surface area contributed by atoms with E-state index < -0.39 is 0 Å². The van der Waals surface area contributed by atoms with Crippen molar-refractivity contribution < 1.29 is 5.21 Å². The lowest BCUT2D eigenvalue weighted by atomic mass is 9.88. The molecule has 0 saturated carbocycles. The average molecular weight is 201 g/mol. The van der Waals surface area contributed by atoms with E-state index in [1.807, 2.05) is 13.8 Å². The Balaban J connectivity index is 3.77. The molecule has 0 fully saturated rings. The third kappa shape index (κ3) is 5.07. The van der Waals surface area contributed by atoms with Gasteiger partial charge in [-0.15, -0.1) is 0 Å². The normalized spacial score (nSPS) is 13.6. The third-order valence-electron chi connectivity index (χ3n) is 2.28. The first kappa shape index (κ1) is 13.2. The number of hydrogen-bond acceptors (Lipinski definition) is 3. The first-order valence-electron chi connectivity index (χ1n) is 5.09. The highest BCUT2D eigenvalue weighted by Gasteiger charge is 2.22. The second-order valence-electron chi connectivity index (χ2n) is 4.72. The number of rotatable bonds is 6. The van der Waals surface area contributed by atoms with Crippen molar-refractivity contribution in [2.24, 2.45) is 22.2 Å². The quantitative estimate of drug-likeness (QED) is 0.200. The van der Waals surface area contributed by atoms with Crippen molar-refractivity contribution in [2.75, 3.05) is 13.1 Å². The molecule has 0 aromatic carbocycles. The molecule has 0 unspecified atom stereocenters. The molecule has 0 rings (SSSR count). The summed E-state index contributed by atoms with van der Waals surface area (Å²) in [5, 5.41) is 14.9. The van der Waals surface area contributed by atoms with Crippen LogP contribution < -0.4 is 11.1 Å². The van der Waals surface area contributed by atoms with Crippen LogP contribution in [-0.4, -0.2) is 24.1 Å². The van der Waals surface area contributed by atoms with Crippen molar-refractivity contribution in [3.05, 3.63) is 0 Å². The van der Waals surface area contributed by atoms with Crippen LogP contribution in [0.2, 0.25) is 0 Å². The maximum absolute atomic E-state index is 8.56. The monoisotopic (exact) mass is 201 g/mol. The molecule has 0 aromatic heterocycles. The van der Waals surface area contributed by atoms with E-state index in [4.69, 9.17) is 10.9 Å². The zero-order chi connectivity index (χ0) is 11.2. The van der Waals surface area contributed by atoms with E-state index in [1.54, 1.807) is 0 Å². The molecule has 4 N–H and O–H groups in total. The lowest BCUT2D eigenvalue weighted by Gasteiger charge is -2.23. The van der Waals surface area contributed by atoms with Crippen LogP contribution in [0.3, 0.4) is 0 Å². The summed E-state index contributed by atoms with van der Waals surface area (Å²) in [5.74, 6) is 0.950. The van der Waals surface area contributed by atoms with Crippen molar-refractivity contribution in [1.29, 1.82) is 0 Å². The van der Waals surface area contributed by atoms with E-state index in [9.17, 15) is 0 Å². The Labute approximate surface area is 86.6 Å². The van der Waals surface area contributed by atoms with Gasteiger partial charge in [-0.3, -0.25) is 0 Å². The van der Waals surface area contributed by atoms with E-state index in [2.05, 4.69) is 24.3 Å². The lowest BCUT2D eigenvalue weighted by Crippen LogP contribution is -2.35. The fraction of sp³-hybridized carbons (Fsp3) is 0.900. The van der Waals surface area contributed by atoms with E-state index in [-0.39, 0.29) is 5.41 Å². The van der Waals surface area contributed by atoms with Crippen LogP contribution in [0.15, 0.2) is 5.16 Å². The molecule has 0 aliphatic heterocycles. The topological polar surface area (TPSA) is 70.6 Å². The second-order valence-corrected chi connectivity index (χ2v) is 4.72. The molecular weight excluding hydrogens is 178 g/mol. The molecule has 0 bridgehead atoms. The highest BCUT2D eigenvalue weighted by molar-refractivity contribution is 5.85. The van der Waals surface area contributed by atoms with E-state index in [1.165, 1.54) is 0 Å². The van der Waals surface area contributed by atoms with Gasteiger partial charge in [0, 0.05) is 5.41 Å². The van der Waals surface area contributed by atoms with Gasteiger partial charge in [-0.25, -0.2) is 0 Å². The van der Waals surface area contributed by atoms with Gasteiger partial charge in [0.05, 0.1) is 0 Å². The van der Waals surface area contributed by atoms with Crippen LogP contribution >= 0.6 is 0 Å². The van der Waals surface area contributed by atoms with Crippen LogP contribution in [-0.2, 0) is 0 Å². The van der Waals surface area contributed by atoms with E-state index in [0.29, 0.717) is 11.8 Å². The molecule has 14 heavy (non-hydrogen) atoms. The second kappa shape index (κ2) is 5.86. The Morgan fingerprint density at radius 3 is 2.50 bits per heavy atom. The smallest absolute Gasteiger partial charge is 0.144 e.